The summed E-state index contributed by atoms with van der Waals surface area (Å²) >= 11 is 1.36. The van der Waals surface area contributed by atoms with Crippen LogP contribution in [-0.4, -0.2) is 39.9 Å². The third-order valence-electron chi connectivity index (χ3n) is 4.67. The first kappa shape index (κ1) is 18.9. The van der Waals surface area contributed by atoms with Crippen molar-refractivity contribution >= 4 is 39.9 Å². The molecule has 0 atom stereocenters. The number of thiophene rings is 1. The number of nitrogens with one attached hydrogen (secondary N) is 1. The van der Waals surface area contributed by atoms with Gasteiger partial charge in [-0.1, -0.05) is 18.2 Å². The number of carbonyl (C=O) groups is 2. The van der Waals surface area contributed by atoms with Crippen LogP contribution < -0.4 is 5.32 Å². The fourth-order valence-corrected chi connectivity index (χ4v) is 3.90. The van der Waals surface area contributed by atoms with Crippen molar-refractivity contribution in [2.75, 3.05) is 18.9 Å². The van der Waals surface area contributed by atoms with Crippen LogP contribution in [0.5, 0.6) is 0 Å². The van der Waals surface area contributed by atoms with E-state index in [1.807, 2.05) is 71.6 Å². The van der Waals surface area contributed by atoms with E-state index in [9.17, 15) is 9.59 Å². The van der Waals surface area contributed by atoms with Crippen LogP contribution in [0.4, 0.5) is 5.69 Å². The summed E-state index contributed by atoms with van der Waals surface area (Å²) in [5, 5.41) is 4.68. The molecular weight excluding hydrogens is 384 g/mol. The molecule has 29 heavy (non-hydrogen) atoms. The van der Waals surface area contributed by atoms with E-state index < -0.39 is 0 Å². The summed E-state index contributed by atoms with van der Waals surface area (Å²) in [4.78, 5) is 31.3. The number of benzene rings is 2. The fourth-order valence-electron chi connectivity index (χ4n) is 3.18. The number of anilines is 1. The van der Waals surface area contributed by atoms with E-state index in [1.54, 1.807) is 13.1 Å². The predicted molar refractivity (Wildman–Crippen MR) is 116 cm³/mol. The Balaban J connectivity index is 1.43. The highest BCUT2D eigenvalue weighted by atomic mass is 32.1. The molecule has 0 aliphatic carbocycles. The lowest BCUT2D eigenvalue weighted by Gasteiger charge is -2.16. The van der Waals surface area contributed by atoms with Gasteiger partial charge in [-0.15, -0.1) is 11.3 Å². The number of likely N-dealkylation sites (N-methyl/N-ethyl adjacent to an activating group) is 1. The molecule has 4 aromatic rings. The Morgan fingerprint density at radius 3 is 2.52 bits per heavy atom. The van der Waals surface area contributed by atoms with Crippen molar-refractivity contribution in [3.8, 4) is 11.4 Å². The molecule has 0 saturated heterocycles. The lowest BCUT2D eigenvalue weighted by molar-refractivity contribution is -0.116. The highest BCUT2D eigenvalue weighted by Gasteiger charge is 2.16. The Bertz CT molecular complexity index is 1160. The van der Waals surface area contributed by atoms with E-state index in [-0.39, 0.29) is 18.4 Å². The minimum absolute atomic E-state index is 0.0107. The van der Waals surface area contributed by atoms with Gasteiger partial charge in [0, 0.05) is 25.3 Å². The second-order valence-electron chi connectivity index (χ2n) is 6.75. The SMILES string of the molecule is CN(CC(=O)Nc1ccc(-c2nc3ccccc3n2C)cc1)C(=O)c1cccs1. The van der Waals surface area contributed by atoms with Gasteiger partial charge in [0.05, 0.1) is 22.5 Å². The molecule has 7 heteroatoms. The van der Waals surface area contributed by atoms with Gasteiger partial charge in [0.15, 0.2) is 0 Å². The molecule has 146 valence electrons. The van der Waals surface area contributed by atoms with E-state index in [4.69, 9.17) is 0 Å². The third-order valence-corrected chi connectivity index (χ3v) is 5.53. The highest BCUT2D eigenvalue weighted by Crippen LogP contribution is 2.24. The Hall–Kier alpha value is -3.45. The Kier molecular flexibility index (Phi) is 5.14. The number of rotatable bonds is 5. The van der Waals surface area contributed by atoms with E-state index in [1.165, 1.54) is 16.2 Å². The maximum atomic E-state index is 12.3. The number of imidazole rings is 1. The normalized spacial score (nSPS) is 10.8. The van der Waals surface area contributed by atoms with Crippen LogP contribution >= 0.6 is 11.3 Å². The molecule has 0 saturated carbocycles. The average Bonchev–Trinajstić information content (AvgIpc) is 3.37. The monoisotopic (exact) mass is 404 g/mol. The second-order valence-corrected chi connectivity index (χ2v) is 7.69. The minimum atomic E-state index is -0.243. The van der Waals surface area contributed by atoms with Crippen LogP contribution in [0.25, 0.3) is 22.4 Å². The van der Waals surface area contributed by atoms with Crippen molar-refractivity contribution in [1.82, 2.24) is 14.5 Å². The van der Waals surface area contributed by atoms with Gasteiger partial charge in [-0.3, -0.25) is 9.59 Å². The van der Waals surface area contributed by atoms with Gasteiger partial charge >= 0.3 is 0 Å². The van der Waals surface area contributed by atoms with E-state index in [2.05, 4.69) is 10.3 Å². The summed E-state index contributed by atoms with van der Waals surface area (Å²) in [6.07, 6.45) is 0. The standard InChI is InChI=1S/C22H20N4O2S/c1-25(22(28)19-8-5-13-29-19)14-20(27)23-16-11-9-15(10-12-16)21-24-17-6-3-4-7-18(17)26(21)2/h3-13H,14H2,1-2H3,(H,23,27). The maximum Gasteiger partial charge on any atom is 0.264 e. The van der Waals surface area contributed by atoms with E-state index >= 15 is 0 Å². The van der Waals surface area contributed by atoms with Crippen LogP contribution in [0.15, 0.2) is 66.0 Å². The highest BCUT2D eigenvalue weighted by molar-refractivity contribution is 7.12. The minimum Gasteiger partial charge on any atom is -0.332 e. The average molecular weight is 404 g/mol. The summed E-state index contributed by atoms with van der Waals surface area (Å²) in [6, 6.07) is 19.1. The topological polar surface area (TPSA) is 67.2 Å². The molecule has 2 heterocycles. The quantitative estimate of drug-likeness (QED) is 0.546. The Morgan fingerprint density at radius 1 is 1.07 bits per heavy atom. The number of carbonyl (C=O) groups excluding carboxylic acids is 2. The Labute approximate surface area is 172 Å². The lowest BCUT2D eigenvalue weighted by atomic mass is 10.2. The molecule has 0 unspecified atom stereocenters. The van der Waals surface area contributed by atoms with Crippen molar-refractivity contribution in [1.29, 1.82) is 0 Å². The molecule has 0 aliphatic rings. The summed E-state index contributed by atoms with van der Waals surface area (Å²) < 4.78 is 2.05. The number of aryl methyl sites for hydroxylation is 1. The summed E-state index contributed by atoms with van der Waals surface area (Å²) in [6.45, 7) is -0.0107. The van der Waals surface area contributed by atoms with Gasteiger partial charge in [0.2, 0.25) is 5.91 Å². The second kappa shape index (κ2) is 7.89. The van der Waals surface area contributed by atoms with E-state index in [0.29, 0.717) is 10.6 Å². The molecule has 2 aromatic carbocycles. The van der Waals surface area contributed by atoms with Crippen molar-refractivity contribution in [3.05, 3.63) is 70.9 Å². The first-order chi connectivity index (χ1) is 14.0. The lowest BCUT2D eigenvalue weighted by Crippen LogP contribution is -2.34. The van der Waals surface area contributed by atoms with Crippen molar-refractivity contribution in [2.24, 2.45) is 7.05 Å². The molecule has 0 radical (unpaired) electrons. The molecule has 6 nitrogen and oxygen atoms in total. The molecule has 0 spiro atoms. The predicted octanol–water partition coefficient (Wildman–Crippen LogP) is 4.01. The van der Waals surface area contributed by atoms with Gasteiger partial charge in [0.25, 0.3) is 5.91 Å². The summed E-state index contributed by atoms with van der Waals surface area (Å²) in [5.41, 5.74) is 3.65. The van der Waals surface area contributed by atoms with Crippen molar-refractivity contribution < 1.29 is 9.59 Å². The number of para-hydroxylation sites is 2. The van der Waals surface area contributed by atoms with Crippen LogP contribution in [0, 0.1) is 0 Å². The number of amides is 2. The van der Waals surface area contributed by atoms with Crippen LogP contribution in [0.3, 0.4) is 0 Å². The molecule has 2 amide bonds. The van der Waals surface area contributed by atoms with Gasteiger partial charge in [-0.25, -0.2) is 4.98 Å². The molecule has 0 aliphatic heterocycles. The van der Waals surface area contributed by atoms with E-state index in [0.717, 1.165) is 22.4 Å². The number of fused-ring (bicyclic) bond motifs is 1. The molecule has 0 bridgehead atoms. The smallest absolute Gasteiger partial charge is 0.264 e. The molecule has 4 rings (SSSR count). The molecule has 2 aromatic heterocycles. The zero-order valence-corrected chi connectivity index (χ0v) is 16.9. The number of hydrogen-bond acceptors (Lipinski definition) is 4. The number of aromatic nitrogens is 2. The molecular formula is C22H20N4O2S. The first-order valence-corrected chi connectivity index (χ1v) is 10.0. The Morgan fingerprint density at radius 2 is 1.83 bits per heavy atom. The summed E-state index contributed by atoms with van der Waals surface area (Å²) in [5.74, 6) is 0.464. The third kappa shape index (κ3) is 3.90. The fraction of sp³-hybridized carbons (Fsp3) is 0.136. The van der Waals surface area contributed by atoms with Gasteiger partial charge in [-0.2, -0.15) is 0 Å². The van der Waals surface area contributed by atoms with Gasteiger partial charge < -0.3 is 14.8 Å². The van der Waals surface area contributed by atoms with Crippen molar-refractivity contribution in [3.63, 3.8) is 0 Å². The zero-order valence-electron chi connectivity index (χ0n) is 16.1. The largest absolute Gasteiger partial charge is 0.332 e. The molecule has 1 N–H and O–H groups in total. The number of hydrogen-bond donors (Lipinski definition) is 1. The van der Waals surface area contributed by atoms with Crippen LogP contribution in [0.1, 0.15) is 9.67 Å². The van der Waals surface area contributed by atoms with Crippen LogP contribution in [0.2, 0.25) is 0 Å². The number of nitrogens with zero attached hydrogens (tertiary/aromatic N) is 3. The maximum absolute atomic E-state index is 12.3. The van der Waals surface area contributed by atoms with Crippen LogP contribution in [-0.2, 0) is 11.8 Å². The van der Waals surface area contributed by atoms with Crippen molar-refractivity contribution in [2.45, 2.75) is 0 Å². The zero-order chi connectivity index (χ0) is 20.4. The van der Waals surface area contributed by atoms with Gasteiger partial charge in [-0.05, 0) is 47.8 Å². The first-order valence-electron chi connectivity index (χ1n) is 9.13. The molecule has 0 fully saturated rings. The van der Waals surface area contributed by atoms with Gasteiger partial charge in [0.1, 0.15) is 5.82 Å². The summed E-state index contributed by atoms with van der Waals surface area (Å²) in [7, 11) is 3.61.